The number of amides is 3. The van der Waals surface area contributed by atoms with E-state index in [1.54, 1.807) is 0 Å². The van der Waals surface area contributed by atoms with Gasteiger partial charge in [-0.2, -0.15) is 0 Å². The van der Waals surface area contributed by atoms with E-state index in [2.05, 4.69) is 16.0 Å². The molecule has 1 aliphatic rings. The fourth-order valence-electron chi connectivity index (χ4n) is 2.18. The molecule has 0 aromatic heterocycles. The molecule has 1 rings (SSSR count). The van der Waals surface area contributed by atoms with Crippen LogP contribution in [0.15, 0.2) is 0 Å². The maximum atomic E-state index is 11.7. The van der Waals surface area contributed by atoms with Gasteiger partial charge in [0, 0.05) is 32.0 Å². The third kappa shape index (κ3) is 7.53. The number of hydrogen-bond acceptors (Lipinski definition) is 3. The second-order valence-electron chi connectivity index (χ2n) is 6.25. The Labute approximate surface area is 124 Å². The highest BCUT2D eigenvalue weighted by Gasteiger charge is 2.21. The van der Waals surface area contributed by atoms with Gasteiger partial charge in [0.15, 0.2) is 0 Å². The first-order valence-electron chi connectivity index (χ1n) is 7.31. The van der Waals surface area contributed by atoms with Crippen LogP contribution in [0, 0.1) is 5.41 Å². The lowest BCUT2D eigenvalue weighted by atomic mass is 9.84. The number of piperidine rings is 1. The predicted octanol–water partition coefficient (Wildman–Crippen LogP) is 0.845. The minimum Gasteiger partial charge on any atom is -0.481 e. The standard InChI is InChI=1S/C14H25N3O4/c1-14(2,6-5-12(19)20)7-8-15-13(21)17-10-3-4-11(18)16-9-10/h10H,3-9H2,1-2H3,(H,16,18)(H,19,20)(H2,15,17,21). The van der Waals surface area contributed by atoms with Gasteiger partial charge < -0.3 is 21.1 Å². The number of carboxylic acids is 1. The summed E-state index contributed by atoms with van der Waals surface area (Å²) < 4.78 is 0. The number of carbonyl (C=O) groups excluding carboxylic acids is 2. The van der Waals surface area contributed by atoms with E-state index in [-0.39, 0.29) is 29.8 Å². The maximum Gasteiger partial charge on any atom is 0.315 e. The molecular weight excluding hydrogens is 274 g/mol. The van der Waals surface area contributed by atoms with Crippen molar-refractivity contribution in [3.05, 3.63) is 0 Å². The van der Waals surface area contributed by atoms with Crippen molar-refractivity contribution >= 4 is 17.9 Å². The van der Waals surface area contributed by atoms with Gasteiger partial charge in [0.1, 0.15) is 0 Å². The Morgan fingerprint density at radius 1 is 1.38 bits per heavy atom. The second kappa shape index (κ2) is 7.85. The van der Waals surface area contributed by atoms with Crippen molar-refractivity contribution in [1.82, 2.24) is 16.0 Å². The van der Waals surface area contributed by atoms with Crippen molar-refractivity contribution in [2.24, 2.45) is 5.41 Å². The molecule has 1 aliphatic heterocycles. The predicted molar refractivity (Wildman–Crippen MR) is 77.8 cm³/mol. The fraction of sp³-hybridized carbons (Fsp3) is 0.786. The number of hydrogen-bond donors (Lipinski definition) is 4. The van der Waals surface area contributed by atoms with Gasteiger partial charge in [-0.15, -0.1) is 0 Å². The molecule has 0 aromatic rings. The molecule has 21 heavy (non-hydrogen) atoms. The first-order valence-corrected chi connectivity index (χ1v) is 7.31. The van der Waals surface area contributed by atoms with Crippen LogP contribution in [-0.2, 0) is 9.59 Å². The topological polar surface area (TPSA) is 108 Å². The maximum absolute atomic E-state index is 11.7. The van der Waals surface area contributed by atoms with E-state index < -0.39 is 5.97 Å². The summed E-state index contributed by atoms with van der Waals surface area (Å²) in [6.07, 6.45) is 2.53. The van der Waals surface area contributed by atoms with E-state index in [0.29, 0.717) is 32.4 Å². The van der Waals surface area contributed by atoms with Crippen molar-refractivity contribution in [2.45, 2.75) is 52.0 Å². The lowest BCUT2D eigenvalue weighted by Gasteiger charge is -2.25. The summed E-state index contributed by atoms with van der Waals surface area (Å²) in [6, 6.07) is -0.270. The smallest absolute Gasteiger partial charge is 0.315 e. The molecule has 1 fully saturated rings. The molecule has 0 bridgehead atoms. The molecule has 7 nitrogen and oxygen atoms in total. The van der Waals surface area contributed by atoms with Gasteiger partial charge in [0.25, 0.3) is 0 Å². The lowest BCUT2D eigenvalue weighted by molar-refractivity contribution is -0.137. The van der Waals surface area contributed by atoms with Gasteiger partial charge in [-0.25, -0.2) is 4.79 Å². The Balaban J connectivity index is 2.17. The van der Waals surface area contributed by atoms with Crippen LogP contribution in [0.3, 0.4) is 0 Å². The summed E-state index contributed by atoms with van der Waals surface area (Å²) in [5.74, 6) is -0.776. The largest absolute Gasteiger partial charge is 0.481 e. The van der Waals surface area contributed by atoms with Crippen molar-refractivity contribution < 1.29 is 19.5 Å². The summed E-state index contributed by atoms with van der Waals surface area (Å²) in [5, 5.41) is 17.0. The molecule has 1 saturated heterocycles. The molecule has 0 aliphatic carbocycles. The van der Waals surface area contributed by atoms with E-state index in [1.807, 2.05) is 13.8 Å². The van der Waals surface area contributed by atoms with Crippen molar-refractivity contribution in [1.29, 1.82) is 0 Å². The van der Waals surface area contributed by atoms with Crippen LogP contribution < -0.4 is 16.0 Å². The number of nitrogens with one attached hydrogen (secondary N) is 3. The average Bonchev–Trinajstić information content (AvgIpc) is 2.39. The van der Waals surface area contributed by atoms with Gasteiger partial charge in [0.2, 0.25) is 5.91 Å². The minimum atomic E-state index is -0.798. The van der Waals surface area contributed by atoms with Gasteiger partial charge in [-0.05, 0) is 24.7 Å². The van der Waals surface area contributed by atoms with Gasteiger partial charge in [0.05, 0.1) is 0 Å². The summed E-state index contributed by atoms with van der Waals surface area (Å²) in [5.41, 5.74) is -0.121. The van der Waals surface area contributed by atoms with E-state index in [0.717, 1.165) is 6.42 Å². The molecule has 1 heterocycles. The average molecular weight is 299 g/mol. The number of carbonyl (C=O) groups is 3. The van der Waals surface area contributed by atoms with Crippen LogP contribution in [0.4, 0.5) is 4.79 Å². The molecule has 0 spiro atoms. The highest BCUT2D eigenvalue weighted by Crippen LogP contribution is 2.25. The SMILES string of the molecule is CC(C)(CCNC(=O)NC1CCC(=O)NC1)CCC(=O)O. The van der Waals surface area contributed by atoms with Crippen molar-refractivity contribution in [2.75, 3.05) is 13.1 Å². The minimum absolute atomic E-state index is 0.0219. The lowest BCUT2D eigenvalue weighted by Crippen LogP contribution is -2.50. The van der Waals surface area contributed by atoms with Gasteiger partial charge in [-0.3, -0.25) is 9.59 Å². The molecule has 0 aromatic carbocycles. The number of urea groups is 1. The highest BCUT2D eigenvalue weighted by atomic mass is 16.4. The Hall–Kier alpha value is -1.79. The summed E-state index contributed by atoms with van der Waals surface area (Å²) in [6.45, 7) is 4.95. The number of aliphatic carboxylic acids is 1. The number of rotatable bonds is 7. The molecule has 120 valence electrons. The Morgan fingerprint density at radius 3 is 2.67 bits per heavy atom. The highest BCUT2D eigenvalue weighted by molar-refractivity contribution is 5.78. The van der Waals surface area contributed by atoms with Crippen molar-refractivity contribution in [3.8, 4) is 0 Å². The molecule has 3 amide bonds. The number of carboxylic acid groups (broad SMARTS) is 1. The first kappa shape index (κ1) is 17.3. The van der Waals surface area contributed by atoms with Crippen molar-refractivity contribution in [3.63, 3.8) is 0 Å². The van der Waals surface area contributed by atoms with Crippen LogP contribution in [0.2, 0.25) is 0 Å². The molecule has 0 saturated carbocycles. The third-order valence-electron chi connectivity index (χ3n) is 3.70. The summed E-state index contributed by atoms with van der Waals surface area (Å²) in [7, 11) is 0. The Kier molecular flexibility index (Phi) is 6.45. The fourth-order valence-corrected chi connectivity index (χ4v) is 2.18. The second-order valence-corrected chi connectivity index (χ2v) is 6.25. The first-order chi connectivity index (χ1) is 9.78. The monoisotopic (exact) mass is 299 g/mol. The van der Waals surface area contributed by atoms with Crippen LogP contribution in [0.25, 0.3) is 0 Å². The third-order valence-corrected chi connectivity index (χ3v) is 3.70. The van der Waals surface area contributed by atoms with Gasteiger partial charge >= 0.3 is 12.0 Å². The molecule has 4 N–H and O–H groups in total. The molecule has 7 heteroatoms. The van der Waals surface area contributed by atoms with E-state index in [4.69, 9.17) is 5.11 Å². The Bertz CT molecular complexity index is 386. The molecule has 1 unspecified atom stereocenters. The van der Waals surface area contributed by atoms with E-state index >= 15 is 0 Å². The molecular formula is C14H25N3O4. The van der Waals surface area contributed by atoms with E-state index in [9.17, 15) is 14.4 Å². The Morgan fingerprint density at radius 2 is 2.10 bits per heavy atom. The molecule has 1 atom stereocenters. The zero-order valence-electron chi connectivity index (χ0n) is 12.7. The van der Waals surface area contributed by atoms with Crippen LogP contribution >= 0.6 is 0 Å². The normalized spacial score (nSPS) is 18.8. The molecule has 0 radical (unpaired) electrons. The summed E-state index contributed by atoms with van der Waals surface area (Å²) in [4.78, 5) is 33.3. The summed E-state index contributed by atoms with van der Waals surface area (Å²) >= 11 is 0. The quantitative estimate of drug-likeness (QED) is 0.559. The van der Waals surface area contributed by atoms with Crippen LogP contribution in [-0.4, -0.2) is 42.1 Å². The zero-order chi connectivity index (χ0) is 15.9. The van der Waals surface area contributed by atoms with E-state index in [1.165, 1.54) is 0 Å². The van der Waals surface area contributed by atoms with Gasteiger partial charge in [-0.1, -0.05) is 13.8 Å². The van der Waals surface area contributed by atoms with Crippen LogP contribution in [0.5, 0.6) is 0 Å². The van der Waals surface area contributed by atoms with Crippen LogP contribution in [0.1, 0.15) is 46.0 Å². The zero-order valence-corrected chi connectivity index (χ0v) is 12.7.